The van der Waals surface area contributed by atoms with Gasteiger partial charge in [-0.3, -0.25) is 9.88 Å². The van der Waals surface area contributed by atoms with Crippen LogP contribution in [0.1, 0.15) is 45.1 Å². The molecule has 2 aromatic rings. The molecule has 21 heavy (non-hydrogen) atoms. The van der Waals surface area contributed by atoms with Gasteiger partial charge in [-0.15, -0.1) is 0 Å². The van der Waals surface area contributed by atoms with E-state index < -0.39 is 0 Å². The molecule has 1 aliphatic rings. The number of hydrogen-bond donors (Lipinski definition) is 0. The van der Waals surface area contributed by atoms with Crippen molar-refractivity contribution < 1.29 is 0 Å². The van der Waals surface area contributed by atoms with Crippen LogP contribution in [0.2, 0.25) is 5.02 Å². The normalized spacial score (nSPS) is 16.4. The molecule has 1 saturated carbocycles. The molecule has 0 aliphatic heterocycles. The fraction of sp³-hybridized carbons (Fsp3) is 0.500. The van der Waals surface area contributed by atoms with E-state index in [1.165, 1.54) is 31.2 Å². The number of pyridine rings is 1. The number of halogens is 1. The lowest BCUT2D eigenvalue weighted by Gasteiger charge is -2.33. The van der Waals surface area contributed by atoms with Crippen LogP contribution in [0.15, 0.2) is 30.5 Å². The largest absolute Gasteiger partial charge is 0.294 e. The van der Waals surface area contributed by atoms with E-state index in [4.69, 9.17) is 11.6 Å². The molecule has 0 spiro atoms. The second-order valence-electron chi connectivity index (χ2n) is 6.31. The molecule has 0 amide bonds. The van der Waals surface area contributed by atoms with Gasteiger partial charge in [-0.2, -0.15) is 0 Å². The first-order chi connectivity index (χ1) is 10.2. The molecule has 1 heterocycles. The summed E-state index contributed by atoms with van der Waals surface area (Å²) in [5, 5.41) is 1.85. The molecule has 0 atom stereocenters. The fourth-order valence-electron chi connectivity index (χ4n) is 3.49. The molecule has 0 saturated heterocycles. The van der Waals surface area contributed by atoms with Gasteiger partial charge in [0.05, 0.1) is 5.52 Å². The number of aromatic nitrogens is 1. The van der Waals surface area contributed by atoms with E-state index in [1.807, 2.05) is 18.3 Å². The molecule has 0 radical (unpaired) electrons. The minimum Gasteiger partial charge on any atom is -0.294 e. The van der Waals surface area contributed by atoms with E-state index in [-0.39, 0.29) is 0 Å². The molecule has 1 aromatic carbocycles. The highest BCUT2D eigenvalue weighted by atomic mass is 35.5. The summed E-state index contributed by atoms with van der Waals surface area (Å²) in [6.45, 7) is 5.56. The Kier molecular flexibility index (Phi) is 4.46. The van der Waals surface area contributed by atoms with Gasteiger partial charge in [0, 0.05) is 35.2 Å². The van der Waals surface area contributed by atoms with Crippen molar-refractivity contribution in [2.24, 2.45) is 0 Å². The summed E-state index contributed by atoms with van der Waals surface area (Å²) in [5.41, 5.74) is 2.34. The summed E-state index contributed by atoms with van der Waals surface area (Å²) >= 11 is 6.30. The van der Waals surface area contributed by atoms with Crippen LogP contribution in [0.4, 0.5) is 0 Å². The lowest BCUT2D eigenvalue weighted by Crippen LogP contribution is -2.38. The van der Waals surface area contributed by atoms with Crippen LogP contribution in [-0.2, 0) is 6.54 Å². The average molecular weight is 303 g/mol. The third kappa shape index (κ3) is 3.07. The maximum atomic E-state index is 6.30. The maximum Gasteiger partial charge on any atom is 0.0761 e. The van der Waals surface area contributed by atoms with E-state index >= 15 is 0 Å². The Morgan fingerprint density at radius 2 is 2.00 bits per heavy atom. The van der Waals surface area contributed by atoms with Crippen LogP contribution in [0.3, 0.4) is 0 Å². The molecule has 3 heteroatoms. The van der Waals surface area contributed by atoms with E-state index in [0.29, 0.717) is 6.04 Å². The van der Waals surface area contributed by atoms with E-state index in [1.54, 1.807) is 0 Å². The molecule has 0 bridgehead atoms. The third-order valence-corrected chi connectivity index (χ3v) is 4.94. The number of rotatable bonds is 4. The van der Waals surface area contributed by atoms with Crippen molar-refractivity contribution in [3.05, 3.63) is 41.0 Å². The molecule has 2 nitrogen and oxygen atoms in total. The van der Waals surface area contributed by atoms with Gasteiger partial charge in [0.25, 0.3) is 0 Å². The van der Waals surface area contributed by atoms with Gasteiger partial charge in [0.15, 0.2) is 0 Å². The number of nitrogens with zero attached hydrogens (tertiary/aromatic N) is 2. The molecule has 1 aliphatic carbocycles. The topological polar surface area (TPSA) is 16.1 Å². The molecule has 0 N–H and O–H groups in total. The highest BCUT2D eigenvalue weighted by Gasteiger charge is 2.25. The SMILES string of the molecule is CC(C)N(Cc1ccc(Cl)c2cccnc12)C1CCCC1. The standard InChI is InChI=1S/C18H23ClN2/c1-13(2)21(15-6-3-4-7-15)12-14-9-10-17(19)16-8-5-11-20-18(14)16/h5,8-11,13,15H,3-4,6-7,12H2,1-2H3. The van der Waals surface area contributed by atoms with Crippen molar-refractivity contribution in [2.75, 3.05) is 0 Å². The van der Waals surface area contributed by atoms with Crippen molar-refractivity contribution >= 4 is 22.5 Å². The van der Waals surface area contributed by atoms with E-state index in [9.17, 15) is 0 Å². The first-order valence-corrected chi connectivity index (χ1v) is 8.32. The van der Waals surface area contributed by atoms with Crippen LogP contribution < -0.4 is 0 Å². The number of benzene rings is 1. The second kappa shape index (κ2) is 6.33. The summed E-state index contributed by atoms with van der Waals surface area (Å²) < 4.78 is 0. The molecule has 3 rings (SSSR count). The smallest absolute Gasteiger partial charge is 0.0761 e. The lowest BCUT2D eigenvalue weighted by atomic mass is 10.1. The van der Waals surface area contributed by atoms with E-state index in [0.717, 1.165) is 28.5 Å². The maximum absolute atomic E-state index is 6.30. The summed E-state index contributed by atoms with van der Waals surface area (Å²) in [6, 6.07) is 9.44. The van der Waals surface area contributed by atoms with Gasteiger partial charge < -0.3 is 0 Å². The van der Waals surface area contributed by atoms with Crippen LogP contribution in [0.5, 0.6) is 0 Å². The molecular weight excluding hydrogens is 280 g/mol. The molecule has 0 unspecified atom stereocenters. The third-order valence-electron chi connectivity index (χ3n) is 4.61. The van der Waals surface area contributed by atoms with Gasteiger partial charge >= 0.3 is 0 Å². The Labute approximate surface area is 132 Å². The van der Waals surface area contributed by atoms with Crippen molar-refractivity contribution in [3.63, 3.8) is 0 Å². The minimum absolute atomic E-state index is 0.558. The van der Waals surface area contributed by atoms with Gasteiger partial charge in [0.1, 0.15) is 0 Å². The Balaban J connectivity index is 1.94. The van der Waals surface area contributed by atoms with Crippen molar-refractivity contribution in [1.29, 1.82) is 0 Å². The average Bonchev–Trinajstić information content (AvgIpc) is 3.00. The second-order valence-corrected chi connectivity index (χ2v) is 6.72. The Morgan fingerprint density at radius 3 is 2.71 bits per heavy atom. The highest BCUT2D eigenvalue weighted by Crippen LogP contribution is 2.30. The van der Waals surface area contributed by atoms with Gasteiger partial charge in [-0.1, -0.05) is 30.5 Å². The van der Waals surface area contributed by atoms with Gasteiger partial charge in [-0.05, 0) is 50.5 Å². The zero-order valence-corrected chi connectivity index (χ0v) is 13.6. The fourth-order valence-corrected chi connectivity index (χ4v) is 3.71. The van der Waals surface area contributed by atoms with Crippen molar-refractivity contribution in [3.8, 4) is 0 Å². The predicted molar refractivity (Wildman–Crippen MR) is 89.7 cm³/mol. The Hall–Kier alpha value is -1.12. The summed E-state index contributed by atoms with van der Waals surface area (Å²) in [5.74, 6) is 0. The summed E-state index contributed by atoms with van der Waals surface area (Å²) in [7, 11) is 0. The highest BCUT2D eigenvalue weighted by molar-refractivity contribution is 6.35. The molecule has 112 valence electrons. The summed E-state index contributed by atoms with van der Waals surface area (Å²) in [4.78, 5) is 7.20. The quantitative estimate of drug-likeness (QED) is 0.786. The zero-order valence-electron chi connectivity index (χ0n) is 12.8. The van der Waals surface area contributed by atoms with Gasteiger partial charge in [0.2, 0.25) is 0 Å². The van der Waals surface area contributed by atoms with Gasteiger partial charge in [-0.25, -0.2) is 0 Å². The molecule has 1 fully saturated rings. The van der Waals surface area contributed by atoms with Crippen molar-refractivity contribution in [2.45, 2.75) is 58.2 Å². The zero-order chi connectivity index (χ0) is 14.8. The summed E-state index contributed by atoms with van der Waals surface area (Å²) in [6.07, 6.45) is 7.26. The first kappa shape index (κ1) is 14.8. The van der Waals surface area contributed by atoms with Crippen LogP contribution in [-0.4, -0.2) is 22.0 Å². The molecule has 1 aromatic heterocycles. The number of fused-ring (bicyclic) bond motifs is 1. The first-order valence-electron chi connectivity index (χ1n) is 7.94. The Bertz CT molecular complexity index is 618. The lowest BCUT2D eigenvalue weighted by molar-refractivity contribution is 0.146. The van der Waals surface area contributed by atoms with Crippen LogP contribution in [0.25, 0.3) is 10.9 Å². The number of hydrogen-bond acceptors (Lipinski definition) is 2. The Morgan fingerprint density at radius 1 is 1.24 bits per heavy atom. The van der Waals surface area contributed by atoms with Crippen LogP contribution >= 0.6 is 11.6 Å². The monoisotopic (exact) mass is 302 g/mol. The van der Waals surface area contributed by atoms with E-state index in [2.05, 4.69) is 35.9 Å². The minimum atomic E-state index is 0.558. The molecular formula is C18H23ClN2. The van der Waals surface area contributed by atoms with Crippen molar-refractivity contribution in [1.82, 2.24) is 9.88 Å². The predicted octanol–water partition coefficient (Wildman–Crippen LogP) is 5.04. The van der Waals surface area contributed by atoms with Crippen LogP contribution in [0, 0.1) is 0 Å².